The molecule has 1 aliphatic heterocycles. The van der Waals surface area contributed by atoms with Crippen molar-refractivity contribution in [1.29, 1.82) is 0 Å². The minimum atomic E-state index is -0.700. The molecule has 1 aliphatic rings. The Morgan fingerprint density at radius 2 is 2.00 bits per heavy atom. The Balaban J connectivity index is 1.50. The van der Waals surface area contributed by atoms with Gasteiger partial charge in [-0.3, -0.25) is 9.69 Å². The predicted octanol–water partition coefficient (Wildman–Crippen LogP) is 2.05. The number of rotatable bonds is 11. The fraction of sp³-hybridized carbons (Fsp3) is 0.458. The third-order valence-corrected chi connectivity index (χ3v) is 5.25. The summed E-state index contributed by atoms with van der Waals surface area (Å²) >= 11 is 0. The molecule has 0 unspecified atom stereocenters. The number of methoxy groups -OCH3 is 1. The highest BCUT2D eigenvalue weighted by Gasteiger charge is 2.26. The molecule has 1 saturated heterocycles. The molecule has 32 heavy (non-hydrogen) atoms. The van der Waals surface area contributed by atoms with E-state index < -0.39 is 6.10 Å². The molecule has 7 nitrogen and oxygen atoms in total. The van der Waals surface area contributed by atoms with Gasteiger partial charge in [0.15, 0.2) is 0 Å². The van der Waals surface area contributed by atoms with Crippen molar-refractivity contribution >= 4 is 5.91 Å². The first kappa shape index (κ1) is 24.1. The van der Waals surface area contributed by atoms with Crippen LogP contribution in [0.3, 0.4) is 0 Å². The van der Waals surface area contributed by atoms with Crippen LogP contribution in [0.15, 0.2) is 54.6 Å². The van der Waals surface area contributed by atoms with Crippen molar-refractivity contribution in [2.75, 3.05) is 59.7 Å². The van der Waals surface area contributed by atoms with Crippen LogP contribution in [0, 0.1) is 5.82 Å². The molecule has 1 N–H and O–H groups in total. The van der Waals surface area contributed by atoms with Gasteiger partial charge >= 0.3 is 0 Å². The van der Waals surface area contributed by atoms with Crippen molar-refractivity contribution in [3.05, 3.63) is 66.0 Å². The molecule has 0 spiro atoms. The van der Waals surface area contributed by atoms with Crippen molar-refractivity contribution in [2.24, 2.45) is 0 Å². The van der Waals surface area contributed by atoms with Crippen LogP contribution < -0.4 is 4.74 Å². The number of carbonyl (C=O) groups is 1. The second-order valence-electron chi connectivity index (χ2n) is 7.78. The van der Waals surface area contributed by atoms with Crippen molar-refractivity contribution < 1.29 is 28.5 Å². The van der Waals surface area contributed by atoms with Crippen LogP contribution in [0.2, 0.25) is 0 Å². The average molecular weight is 447 g/mol. The van der Waals surface area contributed by atoms with Crippen molar-refractivity contribution in [1.82, 2.24) is 9.80 Å². The van der Waals surface area contributed by atoms with Crippen LogP contribution in [0.1, 0.15) is 10.4 Å². The van der Waals surface area contributed by atoms with E-state index >= 15 is 0 Å². The predicted molar refractivity (Wildman–Crippen MR) is 118 cm³/mol. The number of hydrogen-bond donors (Lipinski definition) is 1. The molecule has 2 aromatic carbocycles. The van der Waals surface area contributed by atoms with Gasteiger partial charge in [-0.05, 0) is 36.4 Å². The van der Waals surface area contributed by atoms with Gasteiger partial charge in [0.25, 0.3) is 5.91 Å². The van der Waals surface area contributed by atoms with E-state index in [-0.39, 0.29) is 24.4 Å². The average Bonchev–Trinajstić information content (AvgIpc) is 2.82. The molecule has 174 valence electrons. The smallest absolute Gasteiger partial charge is 0.254 e. The maximum Gasteiger partial charge on any atom is 0.254 e. The Kier molecular flexibility index (Phi) is 9.43. The zero-order chi connectivity index (χ0) is 22.8. The van der Waals surface area contributed by atoms with Gasteiger partial charge in [0.05, 0.1) is 19.3 Å². The Hall–Kier alpha value is -2.52. The molecule has 8 heteroatoms. The third kappa shape index (κ3) is 7.56. The Morgan fingerprint density at radius 3 is 2.72 bits per heavy atom. The van der Waals surface area contributed by atoms with Gasteiger partial charge in [0.1, 0.15) is 24.3 Å². The first-order chi connectivity index (χ1) is 15.5. The van der Waals surface area contributed by atoms with Gasteiger partial charge in [-0.2, -0.15) is 0 Å². The highest BCUT2D eigenvalue weighted by Crippen LogP contribution is 2.13. The van der Waals surface area contributed by atoms with Gasteiger partial charge in [-0.1, -0.05) is 18.2 Å². The maximum absolute atomic E-state index is 13.0. The van der Waals surface area contributed by atoms with Crippen LogP contribution in [0.5, 0.6) is 5.75 Å². The van der Waals surface area contributed by atoms with Gasteiger partial charge in [-0.15, -0.1) is 0 Å². The van der Waals surface area contributed by atoms with E-state index in [2.05, 4.69) is 4.90 Å². The molecule has 0 aliphatic carbocycles. The summed E-state index contributed by atoms with van der Waals surface area (Å²) in [5.74, 6) is 0.122. The molecular weight excluding hydrogens is 415 g/mol. The lowest BCUT2D eigenvalue weighted by atomic mass is 10.1. The number of hydrogen-bond acceptors (Lipinski definition) is 6. The molecule has 1 fully saturated rings. The number of benzene rings is 2. The van der Waals surface area contributed by atoms with E-state index in [1.807, 2.05) is 18.2 Å². The monoisotopic (exact) mass is 446 g/mol. The molecule has 0 saturated carbocycles. The number of ether oxygens (including phenoxy) is 3. The lowest BCUT2D eigenvalue weighted by molar-refractivity contribution is -0.0546. The summed E-state index contributed by atoms with van der Waals surface area (Å²) < 4.78 is 29.6. The summed E-state index contributed by atoms with van der Waals surface area (Å²) in [4.78, 5) is 16.8. The minimum Gasteiger partial charge on any atom is -0.491 e. The Labute approximate surface area is 188 Å². The first-order valence-electron chi connectivity index (χ1n) is 10.8. The van der Waals surface area contributed by atoms with Gasteiger partial charge in [0.2, 0.25) is 0 Å². The quantitative estimate of drug-likeness (QED) is 0.570. The Bertz CT molecular complexity index is 821. The highest BCUT2D eigenvalue weighted by molar-refractivity contribution is 5.94. The fourth-order valence-electron chi connectivity index (χ4n) is 3.62. The van der Waals surface area contributed by atoms with Crippen molar-refractivity contribution in [3.8, 4) is 5.75 Å². The lowest BCUT2D eigenvalue weighted by Crippen LogP contribution is -2.51. The molecule has 2 atom stereocenters. The second kappa shape index (κ2) is 12.5. The second-order valence-corrected chi connectivity index (χ2v) is 7.78. The minimum absolute atomic E-state index is 0.0592. The number of carbonyl (C=O) groups excluding carboxylic acids is 1. The highest BCUT2D eigenvalue weighted by atomic mass is 19.1. The SMILES string of the molecule is COCCN(C[C@H]1CN(C[C@@H](O)COc2ccc(F)cc2)CCO1)C(=O)c1ccccc1. The van der Waals surface area contributed by atoms with E-state index in [1.165, 1.54) is 24.3 Å². The number of nitrogens with zero attached hydrogens (tertiary/aromatic N) is 2. The maximum atomic E-state index is 13.0. The van der Waals surface area contributed by atoms with Crippen LogP contribution in [0.25, 0.3) is 0 Å². The van der Waals surface area contributed by atoms with Gasteiger partial charge < -0.3 is 24.2 Å². The molecule has 0 bridgehead atoms. The van der Waals surface area contributed by atoms with E-state index in [9.17, 15) is 14.3 Å². The topological polar surface area (TPSA) is 71.5 Å². The molecule has 0 radical (unpaired) electrons. The number of amides is 1. The molecule has 3 rings (SSSR count). The normalized spacial score (nSPS) is 17.7. The number of morpholine rings is 1. The number of aliphatic hydroxyl groups excluding tert-OH is 1. The fourth-order valence-corrected chi connectivity index (χ4v) is 3.62. The third-order valence-electron chi connectivity index (χ3n) is 5.25. The van der Waals surface area contributed by atoms with Crippen molar-refractivity contribution in [3.63, 3.8) is 0 Å². The number of aliphatic hydroxyl groups is 1. The van der Waals surface area contributed by atoms with Crippen LogP contribution in [0.4, 0.5) is 4.39 Å². The molecule has 0 aromatic heterocycles. The van der Waals surface area contributed by atoms with Crippen LogP contribution in [-0.4, -0.2) is 92.7 Å². The zero-order valence-electron chi connectivity index (χ0n) is 18.4. The summed E-state index contributed by atoms with van der Waals surface area (Å²) in [5.41, 5.74) is 0.629. The Morgan fingerprint density at radius 1 is 1.25 bits per heavy atom. The van der Waals surface area contributed by atoms with Gasteiger partial charge in [-0.25, -0.2) is 4.39 Å². The summed E-state index contributed by atoms with van der Waals surface area (Å²) in [6, 6.07) is 14.9. The number of halogens is 1. The zero-order valence-corrected chi connectivity index (χ0v) is 18.4. The van der Waals surface area contributed by atoms with Gasteiger partial charge in [0, 0.05) is 45.4 Å². The first-order valence-corrected chi connectivity index (χ1v) is 10.8. The van der Waals surface area contributed by atoms with Crippen LogP contribution in [-0.2, 0) is 9.47 Å². The standard InChI is InChI=1S/C24H31FN2O5/c1-30-13-12-27(24(29)19-5-3-2-4-6-19)17-23-16-26(11-14-31-23)15-21(28)18-32-22-9-7-20(25)8-10-22/h2-10,21,23,28H,11-18H2,1H3/t21-,23-/m1/s1. The van der Waals surface area contributed by atoms with Crippen LogP contribution >= 0.6 is 0 Å². The molecule has 2 aromatic rings. The van der Waals surface area contributed by atoms with E-state index in [0.717, 1.165) is 0 Å². The van der Waals surface area contributed by atoms with E-state index in [0.29, 0.717) is 57.3 Å². The summed E-state index contributed by atoms with van der Waals surface area (Å²) in [6.45, 7) is 3.69. The summed E-state index contributed by atoms with van der Waals surface area (Å²) in [6.07, 6.45) is -0.868. The largest absolute Gasteiger partial charge is 0.491 e. The van der Waals surface area contributed by atoms with E-state index in [4.69, 9.17) is 14.2 Å². The summed E-state index contributed by atoms with van der Waals surface area (Å²) in [5, 5.41) is 10.4. The molecular formula is C24H31FN2O5. The summed E-state index contributed by atoms with van der Waals surface area (Å²) in [7, 11) is 1.61. The number of β-amino-alcohol motifs (C(OH)–C–C–N with tert-alkyl or cyclic N) is 1. The lowest BCUT2D eigenvalue weighted by Gasteiger charge is -2.36. The van der Waals surface area contributed by atoms with E-state index in [1.54, 1.807) is 24.1 Å². The molecule has 1 amide bonds. The molecule has 1 heterocycles. The van der Waals surface area contributed by atoms with Crippen molar-refractivity contribution in [2.45, 2.75) is 12.2 Å².